The van der Waals surface area contributed by atoms with Gasteiger partial charge >= 0.3 is 0 Å². The Hall–Kier alpha value is -3.04. The molecule has 2 aliphatic rings. The third-order valence-electron chi connectivity index (χ3n) is 5.90. The lowest BCUT2D eigenvalue weighted by Crippen LogP contribution is -2.45. The Kier molecular flexibility index (Phi) is 5.91. The van der Waals surface area contributed by atoms with Crippen LogP contribution in [0.4, 0.5) is 11.5 Å². The van der Waals surface area contributed by atoms with Crippen molar-refractivity contribution >= 4 is 29.2 Å². The molecule has 7 heteroatoms. The third kappa shape index (κ3) is 4.12. The molecule has 0 unspecified atom stereocenters. The Labute approximate surface area is 182 Å². The molecule has 0 spiro atoms. The number of para-hydroxylation sites is 1. The lowest BCUT2D eigenvalue weighted by Gasteiger charge is -2.42. The van der Waals surface area contributed by atoms with Gasteiger partial charge in [0.15, 0.2) is 5.82 Å². The summed E-state index contributed by atoms with van der Waals surface area (Å²) < 4.78 is 0. The van der Waals surface area contributed by atoms with Gasteiger partial charge in [0.2, 0.25) is 0 Å². The van der Waals surface area contributed by atoms with E-state index in [1.807, 2.05) is 24.3 Å². The van der Waals surface area contributed by atoms with Crippen LogP contribution in [0.3, 0.4) is 0 Å². The molecule has 0 atom stereocenters. The van der Waals surface area contributed by atoms with E-state index in [2.05, 4.69) is 32.4 Å². The van der Waals surface area contributed by atoms with Crippen LogP contribution >= 0.6 is 11.6 Å². The van der Waals surface area contributed by atoms with Gasteiger partial charge < -0.3 is 15.5 Å². The fourth-order valence-electron chi connectivity index (χ4n) is 3.97. The lowest BCUT2D eigenvalue weighted by molar-refractivity contribution is 0.203. The summed E-state index contributed by atoms with van der Waals surface area (Å²) in [5.41, 5.74) is 9.47. The molecule has 0 amide bonds. The molecule has 2 aliphatic heterocycles. The number of likely N-dealkylation sites (tertiary alicyclic amines) is 1. The number of rotatable bonds is 5. The first-order chi connectivity index (χ1) is 14.6. The standard InChI is InChI=1S/C23H25ClN6/c1-16(5-6-18-3-2-4-20(24)21(18)26)30-14-19(15-30)22-23(28-10-9-27-22)29-11-7-17(13-25)8-12-29/h2-6,9-10,17,19H,1,7-8,11-12,14-15,26H2/b6-5-. The van der Waals surface area contributed by atoms with Crippen LogP contribution in [0.5, 0.6) is 0 Å². The molecule has 1 aromatic carbocycles. The van der Waals surface area contributed by atoms with Gasteiger partial charge in [-0.05, 0) is 30.5 Å². The van der Waals surface area contributed by atoms with Gasteiger partial charge in [-0.2, -0.15) is 5.26 Å². The molecule has 0 aliphatic carbocycles. The molecule has 0 bridgehead atoms. The molecule has 2 saturated heterocycles. The van der Waals surface area contributed by atoms with E-state index >= 15 is 0 Å². The molecular weight excluding hydrogens is 396 g/mol. The average molecular weight is 421 g/mol. The van der Waals surface area contributed by atoms with Crippen molar-refractivity contribution in [2.45, 2.75) is 18.8 Å². The Morgan fingerprint density at radius 1 is 1.23 bits per heavy atom. The summed E-state index contributed by atoms with van der Waals surface area (Å²) in [4.78, 5) is 13.8. The minimum absolute atomic E-state index is 0.157. The second-order valence-corrected chi connectivity index (χ2v) is 8.23. The summed E-state index contributed by atoms with van der Waals surface area (Å²) in [5.74, 6) is 1.44. The number of allylic oxidation sites excluding steroid dienone is 1. The van der Waals surface area contributed by atoms with Crippen molar-refractivity contribution in [2.75, 3.05) is 36.8 Å². The first kappa shape index (κ1) is 20.2. The summed E-state index contributed by atoms with van der Waals surface area (Å²) in [6.45, 7) is 7.62. The number of aromatic nitrogens is 2. The molecule has 6 nitrogen and oxygen atoms in total. The molecule has 30 heavy (non-hydrogen) atoms. The van der Waals surface area contributed by atoms with Gasteiger partial charge in [0.1, 0.15) is 0 Å². The number of hydrogen-bond donors (Lipinski definition) is 1. The number of hydrogen-bond acceptors (Lipinski definition) is 6. The summed E-state index contributed by atoms with van der Waals surface area (Å²) in [6.07, 6.45) is 9.21. The first-order valence-corrected chi connectivity index (χ1v) is 10.6. The topological polar surface area (TPSA) is 82.1 Å². The van der Waals surface area contributed by atoms with Crippen molar-refractivity contribution in [1.29, 1.82) is 5.26 Å². The predicted molar refractivity (Wildman–Crippen MR) is 121 cm³/mol. The Balaban J connectivity index is 1.39. The van der Waals surface area contributed by atoms with Gasteiger partial charge in [-0.15, -0.1) is 0 Å². The first-order valence-electron chi connectivity index (χ1n) is 10.2. The minimum atomic E-state index is 0.157. The fourth-order valence-corrected chi connectivity index (χ4v) is 4.15. The van der Waals surface area contributed by atoms with Crippen molar-refractivity contribution in [1.82, 2.24) is 14.9 Å². The zero-order valence-corrected chi connectivity index (χ0v) is 17.6. The van der Waals surface area contributed by atoms with E-state index in [0.717, 1.165) is 61.8 Å². The van der Waals surface area contributed by atoms with Crippen LogP contribution in [0.15, 0.2) is 48.9 Å². The molecule has 4 rings (SSSR count). The Morgan fingerprint density at radius 2 is 1.97 bits per heavy atom. The number of halogens is 1. The SMILES string of the molecule is C=C(/C=C\c1cccc(Cl)c1N)N1CC(c2nccnc2N2CCC(C#N)CC2)C1. The van der Waals surface area contributed by atoms with Crippen molar-refractivity contribution in [3.63, 3.8) is 0 Å². The fraction of sp³-hybridized carbons (Fsp3) is 0.348. The van der Waals surface area contributed by atoms with Gasteiger partial charge in [-0.1, -0.05) is 36.4 Å². The summed E-state index contributed by atoms with van der Waals surface area (Å²) in [6, 6.07) is 7.99. The van der Waals surface area contributed by atoms with Crippen LogP contribution in [-0.4, -0.2) is 41.0 Å². The van der Waals surface area contributed by atoms with E-state index in [1.165, 1.54) is 0 Å². The van der Waals surface area contributed by atoms with E-state index in [4.69, 9.17) is 22.6 Å². The summed E-state index contributed by atoms with van der Waals surface area (Å²) in [5, 5.41) is 9.69. The lowest BCUT2D eigenvalue weighted by atomic mass is 9.93. The van der Waals surface area contributed by atoms with E-state index < -0.39 is 0 Å². The van der Waals surface area contributed by atoms with Crippen LogP contribution < -0.4 is 10.6 Å². The Morgan fingerprint density at radius 3 is 2.70 bits per heavy atom. The largest absolute Gasteiger partial charge is 0.397 e. The van der Waals surface area contributed by atoms with Gasteiger partial charge in [0, 0.05) is 56.1 Å². The maximum absolute atomic E-state index is 9.13. The third-order valence-corrected chi connectivity index (χ3v) is 6.23. The highest BCUT2D eigenvalue weighted by Gasteiger charge is 2.33. The van der Waals surface area contributed by atoms with E-state index in [-0.39, 0.29) is 5.92 Å². The monoisotopic (exact) mass is 420 g/mol. The van der Waals surface area contributed by atoms with E-state index in [9.17, 15) is 0 Å². The smallest absolute Gasteiger partial charge is 0.150 e. The number of nitrogens with two attached hydrogens (primary N) is 1. The predicted octanol–water partition coefficient (Wildman–Crippen LogP) is 4.08. The molecule has 0 radical (unpaired) electrons. The van der Waals surface area contributed by atoms with Crippen LogP contribution in [0.25, 0.3) is 6.08 Å². The van der Waals surface area contributed by atoms with Crippen molar-refractivity contribution in [3.8, 4) is 6.07 Å². The zero-order chi connectivity index (χ0) is 21.1. The second-order valence-electron chi connectivity index (χ2n) is 7.82. The number of nitrogens with zero attached hydrogens (tertiary/aromatic N) is 5. The highest BCUT2D eigenvalue weighted by atomic mass is 35.5. The van der Waals surface area contributed by atoms with Gasteiger partial charge in [-0.3, -0.25) is 4.98 Å². The van der Waals surface area contributed by atoms with Gasteiger partial charge in [0.25, 0.3) is 0 Å². The van der Waals surface area contributed by atoms with Gasteiger partial charge in [0.05, 0.1) is 22.5 Å². The normalized spacial score (nSPS) is 17.7. The van der Waals surface area contributed by atoms with E-state index in [0.29, 0.717) is 16.6 Å². The van der Waals surface area contributed by atoms with Gasteiger partial charge in [-0.25, -0.2) is 4.98 Å². The summed E-state index contributed by atoms with van der Waals surface area (Å²) in [7, 11) is 0. The summed E-state index contributed by atoms with van der Waals surface area (Å²) >= 11 is 6.09. The molecule has 154 valence electrons. The number of nitriles is 1. The Bertz CT molecular complexity index is 997. The quantitative estimate of drug-likeness (QED) is 0.579. The number of anilines is 2. The average Bonchev–Trinajstić information content (AvgIpc) is 2.74. The maximum Gasteiger partial charge on any atom is 0.150 e. The van der Waals surface area contributed by atoms with Crippen molar-refractivity contribution in [2.24, 2.45) is 5.92 Å². The zero-order valence-electron chi connectivity index (χ0n) is 16.8. The van der Waals surface area contributed by atoms with E-state index in [1.54, 1.807) is 18.5 Å². The number of nitrogen functional groups attached to an aromatic ring is 1. The van der Waals surface area contributed by atoms with Crippen molar-refractivity contribution in [3.05, 3.63) is 65.2 Å². The van der Waals surface area contributed by atoms with Crippen LogP contribution in [-0.2, 0) is 0 Å². The van der Waals surface area contributed by atoms with Crippen LogP contribution in [0, 0.1) is 17.2 Å². The highest BCUT2D eigenvalue weighted by molar-refractivity contribution is 6.33. The molecular formula is C23H25ClN6. The molecule has 2 fully saturated rings. The second kappa shape index (κ2) is 8.76. The molecule has 2 N–H and O–H groups in total. The minimum Gasteiger partial charge on any atom is -0.397 e. The number of piperidine rings is 1. The van der Waals surface area contributed by atoms with Crippen LogP contribution in [0.1, 0.15) is 30.0 Å². The molecule has 3 heterocycles. The van der Waals surface area contributed by atoms with Crippen LogP contribution in [0.2, 0.25) is 5.02 Å². The molecule has 1 aromatic heterocycles. The maximum atomic E-state index is 9.13. The molecule has 0 saturated carbocycles. The number of benzene rings is 1. The van der Waals surface area contributed by atoms with Crippen molar-refractivity contribution < 1.29 is 0 Å². The highest BCUT2D eigenvalue weighted by Crippen LogP contribution is 2.34. The molecule has 2 aromatic rings.